The predicted molar refractivity (Wildman–Crippen MR) is 66.1 cm³/mol. The van der Waals surface area contributed by atoms with Crippen LogP contribution in [0.15, 0.2) is 6.07 Å². The fourth-order valence-electron chi connectivity index (χ4n) is 2.11. The highest BCUT2D eigenvalue weighted by Gasteiger charge is 2.19. The summed E-state index contributed by atoms with van der Waals surface area (Å²) in [5.74, 6) is 0.0947. The highest BCUT2D eigenvalue weighted by atomic mass is 16.5. The van der Waals surface area contributed by atoms with Crippen molar-refractivity contribution in [2.45, 2.75) is 32.2 Å². The number of nitriles is 1. The minimum Gasteiger partial charge on any atom is -0.467 e. The van der Waals surface area contributed by atoms with Crippen molar-refractivity contribution in [2.75, 3.05) is 12.4 Å². The van der Waals surface area contributed by atoms with E-state index in [1.807, 2.05) is 6.07 Å². The van der Waals surface area contributed by atoms with E-state index in [1.54, 1.807) is 6.92 Å². The van der Waals surface area contributed by atoms with Gasteiger partial charge >= 0.3 is 5.97 Å². The highest BCUT2D eigenvalue weighted by molar-refractivity contribution is 5.78. The monoisotopic (exact) mass is 245 g/mol. The normalized spacial score (nSPS) is 14.5. The molecule has 1 aromatic heterocycles. The van der Waals surface area contributed by atoms with Crippen LogP contribution in [-0.4, -0.2) is 24.1 Å². The molecule has 5 heteroatoms. The molecule has 0 spiro atoms. The van der Waals surface area contributed by atoms with Crippen LogP contribution in [0.2, 0.25) is 0 Å². The van der Waals surface area contributed by atoms with Crippen molar-refractivity contribution in [2.24, 2.45) is 0 Å². The standard InChI is InChI=1S/C13H15N3O2/c1-8(13(17)18-2)15-12-10(7-14)6-9-4-3-5-11(9)16-12/h6,8H,3-5H2,1-2H3,(H,15,16). The minimum absolute atomic E-state index is 0.374. The van der Waals surface area contributed by atoms with Gasteiger partial charge in [-0.05, 0) is 37.8 Å². The van der Waals surface area contributed by atoms with Gasteiger partial charge in [-0.25, -0.2) is 9.78 Å². The van der Waals surface area contributed by atoms with Crippen molar-refractivity contribution < 1.29 is 9.53 Å². The number of esters is 1. The first kappa shape index (κ1) is 12.4. The van der Waals surface area contributed by atoms with Crippen LogP contribution in [0.4, 0.5) is 5.82 Å². The molecule has 0 amide bonds. The Morgan fingerprint density at radius 3 is 3.06 bits per heavy atom. The molecule has 1 N–H and O–H groups in total. The molecule has 0 saturated carbocycles. The van der Waals surface area contributed by atoms with Gasteiger partial charge in [0, 0.05) is 5.69 Å². The van der Waals surface area contributed by atoms with Crippen LogP contribution >= 0.6 is 0 Å². The van der Waals surface area contributed by atoms with Crippen molar-refractivity contribution in [3.05, 3.63) is 22.9 Å². The number of hydrogen-bond donors (Lipinski definition) is 1. The number of carbonyl (C=O) groups excluding carboxylic acids is 1. The summed E-state index contributed by atoms with van der Waals surface area (Å²) in [7, 11) is 1.34. The van der Waals surface area contributed by atoms with Gasteiger partial charge in [-0.3, -0.25) is 0 Å². The summed E-state index contributed by atoms with van der Waals surface area (Å²) in [6.45, 7) is 1.68. The molecule has 0 radical (unpaired) electrons. The summed E-state index contributed by atoms with van der Waals surface area (Å²) < 4.78 is 4.64. The third-order valence-electron chi connectivity index (χ3n) is 3.08. The van der Waals surface area contributed by atoms with E-state index in [0.717, 1.165) is 30.5 Å². The Morgan fingerprint density at radius 1 is 1.61 bits per heavy atom. The molecule has 1 aromatic rings. The van der Waals surface area contributed by atoms with Crippen molar-refractivity contribution in [1.29, 1.82) is 5.26 Å². The van der Waals surface area contributed by atoms with Gasteiger partial charge in [0.15, 0.2) is 0 Å². The number of anilines is 1. The Kier molecular flexibility index (Phi) is 3.47. The van der Waals surface area contributed by atoms with E-state index in [1.165, 1.54) is 7.11 Å². The predicted octanol–water partition coefficient (Wildman–Crippen LogP) is 1.42. The van der Waals surface area contributed by atoms with Gasteiger partial charge in [0.2, 0.25) is 0 Å². The number of carbonyl (C=O) groups is 1. The first-order valence-electron chi connectivity index (χ1n) is 5.93. The zero-order chi connectivity index (χ0) is 13.1. The lowest BCUT2D eigenvalue weighted by Gasteiger charge is -2.14. The molecule has 94 valence electrons. The van der Waals surface area contributed by atoms with E-state index in [9.17, 15) is 4.79 Å². The number of rotatable bonds is 3. The highest BCUT2D eigenvalue weighted by Crippen LogP contribution is 2.25. The van der Waals surface area contributed by atoms with Crippen molar-refractivity contribution in [3.63, 3.8) is 0 Å². The largest absolute Gasteiger partial charge is 0.467 e. The number of hydrogen-bond acceptors (Lipinski definition) is 5. The van der Waals surface area contributed by atoms with E-state index in [4.69, 9.17) is 5.26 Å². The van der Waals surface area contributed by atoms with Gasteiger partial charge in [0.05, 0.1) is 12.7 Å². The maximum atomic E-state index is 11.4. The number of pyridine rings is 1. The molecule has 0 saturated heterocycles. The van der Waals surface area contributed by atoms with Crippen LogP contribution in [0.3, 0.4) is 0 Å². The number of nitrogens with one attached hydrogen (secondary N) is 1. The first-order chi connectivity index (χ1) is 8.65. The van der Waals surface area contributed by atoms with E-state index < -0.39 is 6.04 Å². The molecule has 1 aliphatic rings. The molecule has 1 atom stereocenters. The van der Waals surface area contributed by atoms with Gasteiger partial charge in [0.1, 0.15) is 17.9 Å². The van der Waals surface area contributed by atoms with E-state index >= 15 is 0 Å². The molecule has 1 heterocycles. The quantitative estimate of drug-likeness (QED) is 0.815. The topological polar surface area (TPSA) is 75.0 Å². The van der Waals surface area contributed by atoms with Crippen LogP contribution in [0.5, 0.6) is 0 Å². The summed E-state index contributed by atoms with van der Waals surface area (Å²) in [6.07, 6.45) is 2.98. The van der Waals surface area contributed by atoms with Gasteiger partial charge in [0.25, 0.3) is 0 Å². The molecule has 2 rings (SSSR count). The zero-order valence-electron chi connectivity index (χ0n) is 10.5. The lowest BCUT2D eigenvalue weighted by molar-refractivity contribution is -0.141. The van der Waals surface area contributed by atoms with Crippen LogP contribution in [0, 0.1) is 11.3 Å². The molecule has 0 fully saturated rings. The van der Waals surface area contributed by atoms with Crippen molar-refractivity contribution in [3.8, 4) is 6.07 Å². The molecule has 1 unspecified atom stereocenters. The van der Waals surface area contributed by atoms with Crippen LogP contribution < -0.4 is 5.32 Å². The Balaban J connectivity index is 2.28. The Morgan fingerprint density at radius 2 is 2.39 bits per heavy atom. The van der Waals surface area contributed by atoms with Crippen LogP contribution in [0.1, 0.15) is 30.2 Å². The number of nitrogens with zero attached hydrogens (tertiary/aromatic N) is 2. The molecule has 1 aliphatic carbocycles. The summed E-state index contributed by atoms with van der Waals surface area (Å²) >= 11 is 0. The maximum Gasteiger partial charge on any atom is 0.328 e. The first-order valence-corrected chi connectivity index (χ1v) is 5.93. The summed E-state index contributed by atoms with van der Waals surface area (Å²) in [5.41, 5.74) is 2.64. The van der Waals surface area contributed by atoms with Gasteiger partial charge in [-0.15, -0.1) is 0 Å². The second-order valence-electron chi connectivity index (χ2n) is 4.34. The van der Waals surface area contributed by atoms with Gasteiger partial charge in [-0.1, -0.05) is 0 Å². The second kappa shape index (κ2) is 5.05. The average Bonchev–Trinajstić information content (AvgIpc) is 2.83. The summed E-state index contributed by atoms with van der Waals surface area (Å²) in [4.78, 5) is 15.8. The van der Waals surface area contributed by atoms with E-state index in [-0.39, 0.29) is 5.97 Å². The fourth-order valence-corrected chi connectivity index (χ4v) is 2.11. The van der Waals surface area contributed by atoms with E-state index in [0.29, 0.717) is 11.4 Å². The molecular formula is C13H15N3O2. The number of aromatic nitrogens is 1. The third kappa shape index (κ3) is 2.28. The van der Waals surface area contributed by atoms with E-state index in [2.05, 4.69) is 21.1 Å². The SMILES string of the molecule is COC(=O)C(C)Nc1nc2c(cc1C#N)CCC2. The second-order valence-corrected chi connectivity index (χ2v) is 4.34. The number of fused-ring (bicyclic) bond motifs is 1. The lowest BCUT2D eigenvalue weighted by Crippen LogP contribution is -2.28. The molecule has 0 bridgehead atoms. The number of ether oxygens (including phenoxy) is 1. The van der Waals surface area contributed by atoms with Gasteiger partial charge < -0.3 is 10.1 Å². The van der Waals surface area contributed by atoms with Crippen LogP contribution in [-0.2, 0) is 22.4 Å². The summed E-state index contributed by atoms with van der Waals surface area (Å²) in [6, 6.07) is 3.45. The minimum atomic E-state index is -0.519. The molecule has 0 aromatic carbocycles. The Bertz CT molecular complexity index is 520. The molecular weight excluding hydrogens is 230 g/mol. The van der Waals surface area contributed by atoms with Crippen molar-refractivity contribution in [1.82, 2.24) is 4.98 Å². The lowest BCUT2D eigenvalue weighted by atomic mass is 10.1. The molecule has 5 nitrogen and oxygen atoms in total. The fraction of sp³-hybridized carbons (Fsp3) is 0.462. The van der Waals surface area contributed by atoms with Gasteiger partial charge in [-0.2, -0.15) is 5.26 Å². The zero-order valence-corrected chi connectivity index (χ0v) is 10.5. The third-order valence-corrected chi connectivity index (χ3v) is 3.08. The summed E-state index contributed by atoms with van der Waals surface area (Å²) in [5, 5.41) is 12.0. The maximum absolute atomic E-state index is 11.4. The Hall–Kier alpha value is -2.09. The van der Waals surface area contributed by atoms with Crippen LogP contribution in [0.25, 0.3) is 0 Å². The van der Waals surface area contributed by atoms with Crippen molar-refractivity contribution >= 4 is 11.8 Å². The Labute approximate surface area is 106 Å². The average molecular weight is 245 g/mol. The number of methoxy groups -OCH3 is 1. The molecule has 18 heavy (non-hydrogen) atoms. The molecule has 0 aliphatic heterocycles. The number of aryl methyl sites for hydroxylation is 2. The smallest absolute Gasteiger partial charge is 0.328 e.